The zero-order chi connectivity index (χ0) is 13.9. The highest BCUT2D eigenvalue weighted by atomic mass is 16.3. The van der Waals surface area contributed by atoms with E-state index in [2.05, 4.69) is 25.1 Å². The summed E-state index contributed by atoms with van der Waals surface area (Å²) in [5, 5.41) is 9.42. The van der Waals surface area contributed by atoms with E-state index in [1.807, 2.05) is 12.1 Å². The van der Waals surface area contributed by atoms with Gasteiger partial charge in [-0.05, 0) is 57.3 Å². The van der Waals surface area contributed by atoms with Crippen molar-refractivity contribution in [3.8, 4) is 5.75 Å². The SMILES string of the molecule is CN(C)CCC1(c2ccc(O)cc2)C=CC(=O)CC1. The maximum absolute atomic E-state index is 11.4. The average molecular weight is 259 g/mol. The molecule has 1 unspecified atom stereocenters. The van der Waals surface area contributed by atoms with Crippen LogP contribution in [-0.2, 0) is 10.2 Å². The number of benzene rings is 1. The van der Waals surface area contributed by atoms with Crippen molar-refractivity contribution in [2.75, 3.05) is 20.6 Å². The second-order valence-electron chi connectivity index (χ2n) is 5.56. The minimum Gasteiger partial charge on any atom is -0.508 e. The van der Waals surface area contributed by atoms with E-state index < -0.39 is 0 Å². The molecule has 0 saturated carbocycles. The van der Waals surface area contributed by atoms with E-state index in [0.717, 1.165) is 19.4 Å². The van der Waals surface area contributed by atoms with Gasteiger partial charge in [-0.2, -0.15) is 0 Å². The summed E-state index contributed by atoms with van der Waals surface area (Å²) in [6.45, 7) is 0.972. The smallest absolute Gasteiger partial charge is 0.155 e. The third-order valence-electron chi connectivity index (χ3n) is 3.85. The van der Waals surface area contributed by atoms with Gasteiger partial charge in [0, 0.05) is 11.8 Å². The van der Waals surface area contributed by atoms with Gasteiger partial charge in [-0.1, -0.05) is 18.2 Å². The van der Waals surface area contributed by atoms with Crippen molar-refractivity contribution in [1.29, 1.82) is 0 Å². The first-order valence-electron chi connectivity index (χ1n) is 6.68. The van der Waals surface area contributed by atoms with Crippen molar-refractivity contribution in [3.63, 3.8) is 0 Å². The Hall–Kier alpha value is -1.61. The Morgan fingerprint density at radius 2 is 1.95 bits per heavy atom. The Kier molecular flexibility index (Phi) is 4.05. The van der Waals surface area contributed by atoms with Crippen LogP contribution in [0.25, 0.3) is 0 Å². The predicted molar refractivity (Wildman–Crippen MR) is 76.3 cm³/mol. The number of ketones is 1. The first-order chi connectivity index (χ1) is 9.02. The van der Waals surface area contributed by atoms with Crippen molar-refractivity contribution in [2.45, 2.75) is 24.7 Å². The highest BCUT2D eigenvalue weighted by molar-refractivity contribution is 5.91. The van der Waals surface area contributed by atoms with E-state index in [0.29, 0.717) is 6.42 Å². The van der Waals surface area contributed by atoms with Gasteiger partial charge in [-0.25, -0.2) is 0 Å². The van der Waals surface area contributed by atoms with E-state index in [4.69, 9.17) is 0 Å². The second kappa shape index (κ2) is 5.57. The number of carbonyl (C=O) groups excluding carboxylic acids is 1. The summed E-state index contributed by atoms with van der Waals surface area (Å²) in [4.78, 5) is 13.6. The Bertz CT molecular complexity index is 476. The van der Waals surface area contributed by atoms with Crippen LogP contribution >= 0.6 is 0 Å². The van der Waals surface area contributed by atoms with Crippen LogP contribution in [0.5, 0.6) is 5.75 Å². The lowest BCUT2D eigenvalue weighted by Crippen LogP contribution is -2.32. The third-order valence-corrected chi connectivity index (χ3v) is 3.85. The molecule has 0 spiro atoms. The molecule has 1 atom stereocenters. The van der Waals surface area contributed by atoms with Gasteiger partial charge in [-0.15, -0.1) is 0 Å². The van der Waals surface area contributed by atoms with Crippen LogP contribution in [0.3, 0.4) is 0 Å². The summed E-state index contributed by atoms with van der Waals surface area (Å²) in [5.74, 6) is 0.488. The highest BCUT2D eigenvalue weighted by Crippen LogP contribution is 2.38. The molecule has 3 nitrogen and oxygen atoms in total. The van der Waals surface area contributed by atoms with Gasteiger partial charge in [0.25, 0.3) is 0 Å². The molecular formula is C16H21NO2. The Morgan fingerprint density at radius 1 is 1.26 bits per heavy atom. The standard InChI is InChI=1S/C16H21NO2/c1-17(2)12-11-16(9-7-15(19)8-10-16)13-3-5-14(18)6-4-13/h3-7,9,18H,8,10-12H2,1-2H3. The van der Waals surface area contributed by atoms with Crippen LogP contribution in [0.2, 0.25) is 0 Å². The van der Waals surface area contributed by atoms with Crippen molar-refractivity contribution in [1.82, 2.24) is 4.90 Å². The molecule has 1 aliphatic carbocycles. The summed E-state index contributed by atoms with van der Waals surface area (Å²) < 4.78 is 0. The number of phenolic OH excluding ortho intramolecular Hbond substituents is 1. The zero-order valence-corrected chi connectivity index (χ0v) is 11.6. The number of carbonyl (C=O) groups is 1. The maximum Gasteiger partial charge on any atom is 0.155 e. The average Bonchev–Trinajstić information content (AvgIpc) is 2.39. The first kappa shape index (κ1) is 13.8. The monoisotopic (exact) mass is 259 g/mol. The van der Waals surface area contributed by atoms with Crippen molar-refractivity contribution in [3.05, 3.63) is 42.0 Å². The molecule has 0 bridgehead atoms. The van der Waals surface area contributed by atoms with Crippen molar-refractivity contribution in [2.24, 2.45) is 0 Å². The minimum absolute atomic E-state index is 0.0775. The van der Waals surface area contributed by atoms with Gasteiger partial charge in [0.15, 0.2) is 5.78 Å². The molecule has 1 aromatic carbocycles. The molecule has 1 aliphatic rings. The van der Waals surface area contributed by atoms with E-state index >= 15 is 0 Å². The van der Waals surface area contributed by atoms with Gasteiger partial charge < -0.3 is 10.0 Å². The highest BCUT2D eigenvalue weighted by Gasteiger charge is 2.32. The van der Waals surface area contributed by atoms with E-state index in [9.17, 15) is 9.90 Å². The van der Waals surface area contributed by atoms with E-state index in [1.165, 1.54) is 5.56 Å². The molecule has 2 rings (SSSR count). The third kappa shape index (κ3) is 3.24. The summed E-state index contributed by atoms with van der Waals surface area (Å²) in [5.41, 5.74) is 1.10. The molecule has 0 aromatic heterocycles. The molecule has 1 aromatic rings. The largest absolute Gasteiger partial charge is 0.508 e. The second-order valence-corrected chi connectivity index (χ2v) is 5.56. The molecule has 1 N–H and O–H groups in total. The van der Waals surface area contributed by atoms with Crippen LogP contribution < -0.4 is 0 Å². The molecule has 0 aliphatic heterocycles. The molecule has 0 saturated heterocycles. The predicted octanol–water partition coefficient (Wildman–Crippen LogP) is 2.50. The van der Waals surface area contributed by atoms with Crippen LogP contribution in [0.1, 0.15) is 24.8 Å². The van der Waals surface area contributed by atoms with Gasteiger partial charge in [0.2, 0.25) is 0 Å². The van der Waals surface area contributed by atoms with Crippen LogP contribution in [0.15, 0.2) is 36.4 Å². The fourth-order valence-electron chi connectivity index (χ4n) is 2.58. The van der Waals surface area contributed by atoms with E-state index in [-0.39, 0.29) is 16.9 Å². The normalized spacial score (nSPS) is 23.0. The fraction of sp³-hybridized carbons (Fsp3) is 0.438. The maximum atomic E-state index is 11.4. The molecule has 0 heterocycles. The molecule has 102 valence electrons. The molecule has 0 fully saturated rings. The number of allylic oxidation sites excluding steroid dienone is 2. The van der Waals surface area contributed by atoms with E-state index in [1.54, 1.807) is 18.2 Å². The number of phenols is 1. The quantitative estimate of drug-likeness (QED) is 0.903. The topological polar surface area (TPSA) is 40.5 Å². The number of nitrogens with zero attached hydrogens (tertiary/aromatic N) is 1. The fourth-order valence-corrected chi connectivity index (χ4v) is 2.58. The van der Waals surface area contributed by atoms with Crippen LogP contribution in [-0.4, -0.2) is 36.4 Å². The van der Waals surface area contributed by atoms with Gasteiger partial charge in [0.05, 0.1) is 0 Å². The van der Waals surface area contributed by atoms with Gasteiger partial charge >= 0.3 is 0 Å². The lowest BCUT2D eigenvalue weighted by molar-refractivity contribution is -0.115. The number of aromatic hydroxyl groups is 1. The summed E-state index contributed by atoms with van der Waals surface area (Å²) in [6, 6.07) is 7.37. The molecular weight excluding hydrogens is 238 g/mol. The number of rotatable bonds is 4. The van der Waals surface area contributed by atoms with Crippen LogP contribution in [0, 0.1) is 0 Å². The van der Waals surface area contributed by atoms with Crippen LogP contribution in [0.4, 0.5) is 0 Å². The summed E-state index contributed by atoms with van der Waals surface area (Å²) >= 11 is 0. The minimum atomic E-state index is -0.0775. The first-order valence-corrected chi connectivity index (χ1v) is 6.68. The Balaban J connectivity index is 2.31. The lowest BCUT2D eigenvalue weighted by Gasteiger charge is -2.34. The number of hydrogen-bond donors (Lipinski definition) is 1. The number of hydrogen-bond acceptors (Lipinski definition) is 3. The van der Waals surface area contributed by atoms with Crippen molar-refractivity contribution < 1.29 is 9.90 Å². The zero-order valence-electron chi connectivity index (χ0n) is 11.6. The summed E-state index contributed by atoms with van der Waals surface area (Å²) in [7, 11) is 4.12. The Labute approximate surface area is 114 Å². The molecule has 3 heteroatoms. The Morgan fingerprint density at radius 3 is 2.47 bits per heavy atom. The van der Waals surface area contributed by atoms with Gasteiger partial charge in [-0.3, -0.25) is 4.79 Å². The lowest BCUT2D eigenvalue weighted by atomic mass is 9.71. The van der Waals surface area contributed by atoms with Crippen molar-refractivity contribution >= 4 is 5.78 Å². The summed E-state index contributed by atoms with van der Waals surface area (Å²) in [6.07, 6.45) is 6.20. The molecule has 19 heavy (non-hydrogen) atoms. The molecule has 0 radical (unpaired) electrons. The van der Waals surface area contributed by atoms with Gasteiger partial charge in [0.1, 0.15) is 5.75 Å². The molecule has 0 amide bonds.